The van der Waals surface area contributed by atoms with E-state index >= 15 is 0 Å². The van der Waals surface area contributed by atoms with Crippen molar-refractivity contribution < 1.29 is 14.3 Å². The first-order valence-corrected chi connectivity index (χ1v) is 11.9. The number of hydrogen-bond donors (Lipinski definition) is 2. The lowest BCUT2D eigenvalue weighted by atomic mass is 10.0. The molecule has 0 spiro atoms. The highest BCUT2D eigenvalue weighted by atomic mass is 32.2. The van der Waals surface area contributed by atoms with Gasteiger partial charge in [-0.05, 0) is 11.1 Å². The SMILES string of the molecule is NC1C(=O)N2C(C(=O)OC(c3ccccc3)c3ccccc3)=C(c3csc(=O)[nH]3)CS[C@H]12. The van der Waals surface area contributed by atoms with Gasteiger partial charge in [-0.3, -0.25) is 14.5 Å². The number of carbonyl (C=O) groups is 2. The molecule has 2 aromatic carbocycles. The van der Waals surface area contributed by atoms with E-state index in [-0.39, 0.29) is 21.9 Å². The fourth-order valence-electron chi connectivity index (χ4n) is 3.89. The van der Waals surface area contributed by atoms with E-state index in [2.05, 4.69) is 4.98 Å². The largest absolute Gasteiger partial charge is 0.448 e. The molecule has 2 aliphatic rings. The third kappa shape index (κ3) is 3.58. The first kappa shape index (κ1) is 20.7. The zero-order chi connectivity index (χ0) is 22.2. The molecule has 0 saturated carbocycles. The highest BCUT2D eigenvalue weighted by Crippen LogP contribution is 2.43. The molecule has 7 nitrogen and oxygen atoms in total. The number of benzene rings is 2. The van der Waals surface area contributed by atoms with Gasteiger partial charge in [-0.15, -0.1) is 11.8 Å². The summed E-state index contributed by atoms with van der Waals surface area (Å²) in [7, 11) is 0. The monoisotopic (exact) mass is 465 g/mol. The first-order chi connectivity index (χ1) is 15.5. The predicted molar refractivity (Wildman–Crippen MR) is 124 cm³/mol. The molecule has 0 bridgehead atoms. The molecule has 0 aliphatic carbocycles. The molecular weight excluding hydrogens is 446 g/mol. The number of β-lactam (4-membered cyclic amide) rings is 1. The van der Waals surface area contributed by atoms with Crippen molar-refractivity contribution in [2.45, 2.75) is 17.5 Å². The Labute approximate surface area is 191 Å². The van der Waals surface area contributed by atoms with Crippen LogP contribution in [0.5, 0.6) is 0 Å². The van der Waals surface area contributed by atoms with Gasteiger partial charge in [0.15, 0.2) is 6.10 Å². The lowest BCUT2D eigenvalue weighted by Gasteiger charge is -2.48. The molecule has 1 unspecified atom stereocenters. The van der Waals surface area contributed by atoms with Gasteiger partial charge in [-0.1, -0.05) is 72.0 Å². The van der Waals surface area contributed by atoms with E-state index < -0.39 is 18.1 Å². The highest BCUT2D eigenvalue weighted by molar-refractivity contribution is 8.00. The fraction of sp³-hybridized carbons (Fsp3) is 0.174. The van der Waals surface area contributed by atoms with Gasteiger partial charge in [0.1, 0.15) is 17.1 Å². The molecule has 162 valence electrons. The van der Waals surface area contributed by atoms with E-state index in [4.69, 9.17) is 10.5 Å². The summed E-state index contributed by atoms with van der Waals surface area (Å²) in [5.41, 5.74) is 8.82. The summed E-state index contributed by atoms with van der Waals surface area (Å²) >= 11 is 2.47. The number of amides is 1. The van der Waals surface area contributed by atoms with E-state index in [0.717, 1.165) is 22.5 Å². The Morgan fingerprint density at radius 2 is 1.69 bits per heavy atom. The number of nitrogens with two attached hydrogens (primary N) is 1. The van der Waals surface area contributed by atoms with Crippen molar-refractivity contribution in [3.05, 3.63) is 98.2 Å². The van der Waals surface area contributed by atoms with Crippen LogP contribution in [0.4, 0.5) is 0 Å². The Balaban J connectivity index is 1.57. The number of thioether (sulfide) groups is 1. The number of ether oxygens (including phenoxy) is 1. The van der Waals surface area contributed by atoms with Crippen molar-refractivity contribution in [2.75, 3.05) is 5.75 Å². The molecule has 0 radical (unpaired) electrons. The van der Waals surface area contributed by atoms with Crippen molar-refractivity contribution in [3.8, 4) is 0 Å². The lowest BCUT2D eigenvalue weighted by Crippen LogP contribution is -2.68. The average molecular weight is 466 g/mol. The molecule has 2 aliphatic heterocycles. The number of nitrogens with zero attached hydrogens (tertiary/aromatic N) is 1. The molecule has 1 fully saturated rings. The van der Waals surface area contributed by atoms with E-state index in [1.807, 2.05) is 60.7 Å². The van der Waals surface area contributed by atoms with Crippen LogP contribution < -0.4 is 10.6 Å². The highest BCUT2D eigenvalue weighted by Gasteiger charge is 2.52. The summed E-state index contributed by atoms with van der Waals surface area (Å²) in [5, 5.41) is 1.33. The van der Waals surface area contributed by atoms with Crippen LogP contribution in [0.3, 0.4) is 0 Å². The Bertz CT molecular complexity index is 1210. The molecular formula is C23H19N3O4S2. The maximum atomic E-state index is 13.6. The topological polar surface area (TPSA) is 105 Å². The Hall–Kier alpha value is -3.14. The lowest BCUT2D eigenvalue weighted by molar-refractivity contribution is -0.152. The second-order valence-corrected chi connectivity index (χ2v) is 9.38. The van der Waals surface area contributed by atoms with E-state index in [1.54, 1.807) is 5.38 Å². The van der Waals surface area contributed by atoms with Crippen LogP contribution in [0.15, 0.2) is 76.5 Å². The summed E-state index contributed by atoms with van der Waals surface area (Å²) in [5.74, 6) is -0.531. The smallest absolute Gasteiger partial charge is 0.356 e. The van der Waals surface area contributed by atoms with E-state index in [0.29, 0.717) is 17.0 Å². The van der Waals surface area contributed by atoms with Crippen LogP contribution in [0.1, 0.15) is 22.9 Å². The van der Waals surface area contributed by atoms with Crippen molar-refractivity contribution >= 4 is 40.5 Å². The quantitative estimate of drug-likeness (QED) is 0.443. The Morgan fingerprint density at radius 1 is 1.06 bits per heavy atom. The molecule has 3 heterocycles. The normalized spacial score (nSPS) is 20.2. The molecule has 5 rings (SSSR count). The summed E-state index contributed by atoms with van der Waals surface area (Å²) in [6.45, 7) is 0. The van der Waals surface area contributed by atoms with Gasteiger partial charge in [-0.2, -0.15) is 0 Å². The summed E-state index contributed by atoms with van der Waals surface area (Å²) < 4.78 is 6.03. The number of nitrogens with one attached hydrogen (secondary N) is 1. The summed E-state index contributed by atoms with van der Waals surface area (Å²) in [4.78, 5) is 41.8. The number of aromatic amines is 1. The third-order valence-corrected chi connectivity index (χ3v) is 7.45. The van der Waals surface area contributed by atoms with Gasteiger partial charge in [0.2, 0.25) is 5.91 Å². The Kier molecular flexibility index (Phi) is 5.46. The number of esters is 1. The van der Waals surface area contributed by atoms with E-state index in [9.17, 15) is 14.4 Å². The van der Waals surface area contributed by atoms with Crippen molar-refractivity contribution in [1.29, 1.82) is 0 Å². The second kappa shape index (κ2) is 8.42. The van der Waals surface area contributed by atoms with Crippen LogP contribution >= 0.6 is 23.1 Å². The number of hydrogen-bond acceptors (Lipinski definition) is 7. The molecule has 1 aromatic heterocycles. The van der Waals surface area contributed by atoms with Crippen LogP contribution in [0.2, 0.25) is 0 Å². The standard InChI is InChI=1S/C23H19N3O4S2/c24-17-20(27)26-18(15(11-31-21(17)26)16-12-32-23(29)25-16)22(28)30-19(13-7-3-1-4-8-13)14-9-5-2-6-10-14/h1-10,12,17,19,21H,11,24H2,(H,25,29)/t17?,21-/m1/s1. The molecule has 2 atom stereocenters. The van der Waals surface area contributed by atoms with Gasteiger partial charge in [0, 0.05) is 16.7 Å². The van der Waals surface area contributed by atoms with Gasteiger partial charge in [0.25, 0.3) is 0 Å². The number of rotatable bonds is 5. The fourth-order valence-corrected chi connectivity index (χ4v) is 5.79. The number of H-pyrrole nitrogens is 1. The van der Waals surface area contributed by atoms with Gasteiger partial charge in [0.05, 0.1) is 5.69 Å². The average Bonchev–Trinajstić information content (AvgIpc) is 3.28. The molecule has 1 amide bonds. The maximum absolute atomic E-state index is 13.6. The number of carbonyl (C=O) groups excluding carboxylic acids is 2. The van der Waals surface area contributed by atoms with Crippen molar-refractivity contribution in [2.24, 2.45) is 5.73 Å². The van der Waals surface area contributed by atoms with Crippen LogP contribution in [0, 0.1) is 0 Å². The van der Waals surface area contributed by atoms with Crippen LogP contribution in [0.25, 0.3) is 5.57 Å². The van der Waals surface area contributed by atoms with E-state index in [1.165, 1.54) is 16.7 Å². The van der Waals surface area contributed by atoms with Crippen molar-refractivity contribution in [3.63, 3.8) is 0 Å². The molecule has 3 aromatic rings. The third-order valence-electron chi connectivity index (χ3n) is 5.48. The summed E-state index contributed by atoms with van der Waals surface area (Å²) in [6.07, 6.45) is -0.654. The van der Waals surface area contributed by atoms with Crippen LogP contribution in [-0.2, 0) is 14.3 Å². The first-order valence-electron chi connectivity index (χ1n) is 9.97. The van der Waals surface area contributed by atoms with Crippen LogP contribution in [-0.4, -0.2) is 38.9 Å². The molecule has 1 saturated heterocycles. The van der Waals surface area contributed by atoms with Gasteiger partial charge in [-0.25, -0.2) is 4.79 Å². The predicted octanol–water partition coefficient (Wildman–Crippen LogP) is 2.72. The zero-order valence-corrected chi connectivity index (χ0v) is 18.4. The van der Waals surface area contributed by atoms with Crippen molar-refractivity contribution in [1.82, 2.24) is 9.88 Å². The van der Waals surface area contributed by atoms with Gasteiger partial charge < -0.3 is 15.5 Å². The second-order valence-electron chi connectivity index (χ2n) is 7.43. The Morgan fingerprint density at radius 3 is 2.25 bits per heavy atom. The number of aromatic nitrogens is 1. The zero-order valence-electron chi connectivity index (χ0n) is 16.8. The molecule has 32 heavy (non-hydrogen) atoms. The number of fused-ring (bicyclic) bond motifs is 1. The molecule has 3 N–H and O–H groups in total. The molecule has 9 heteroatoms. The van der Waals surface area contributed by atoms with Gasteiger partial charge >= 0.3 is 10.8 Å². The minimum absolute atomic E-state index is 0.145. The minimum atomic E-state index is -0.662. The number of thiazole rings is 1. The minimum Gasteiger partial charge on any atom is -0.448 e. The maximum Gasteiger partial charge on any atom is 0.356 e. The summed E-state index contributed by atoms with van der Waals surface area (Å²) in [6, 6.07) is 18.2.